The number of nitrogens with one attached hydrogen (secondary N) is 4. The molecule has 1 amide bonds. The SMILES string of the molecule is O=C(CSc1nc2ccc(NC3=NC(N4CCCC4)NC(N4CCCC4)N3)cc2s1)NCc1ccco1. The van der Waals surface area contributed by atoms with Crippen LogP contribution in [0.4, 0.5) is 5.69 Å². The third-order valence-electron chi connectivity index (χ3n) is 6.82. The highest BCUT2D eigenvalue weighted by molar-refractivity contribution is 8.01. The molecule has 3 aliphatic heterocycles. The molecule has 5 heterocycles. The molecule has 3 aromatic rings. The second kappa shape index (κ2) is 11.4. The Morgan fingerprint density at radius 2 is 1.95 bits per heavy atom. The Bertz CT molecular complexity index is 1230. The van der Waals surface area contributed by atoms with Crippen molar-refractivity contribution in [1.82, 2.24) is 30.7 Å². The van der Waals surface area contributed by atoms with Crippen LogP contribution in [0.25, 0.3) is 10.2 Å². The second-order valence-corrected chi connectivity index (χ2v) is 11.7. The normalized spacial score (nSPS) is 22.8. The van der Waals surface area contributed by atoms with E-state index in [1.54, 1.807) is 17.6 Å². The lowest BCUT2D eigenvalue weighted by atomic mass is 10.3. The molecule has 10 nitrogen and oxygen atoms in total. The van der Waals surface area contributed by atoms with Crippen LogP contribution in [0.1, 0.15) is 31.4 Å². The van der Waals surface area contributed by atoms with Crippen molar-refractivity contribution in [2.75, 3.05) is 37.2 Å². The van der Waals surface area contributed by atoms with Crippen LogP contribution in [0, 0.1) is 0 Å². The number of hydrogen-bond acceptors (Lipinski definition) is 11. The molecule has 12 heteroatoms. The number of aromatic nitrogens is 1. The van der Waals surface area contributed by atoms with Gasteiger partial charge in [-0.3, -0.25) is 14.6 Å². The Morgan fingerprint density at radius 3 is 2.73 bits per heavy atom. The third kappa shape index (κ3) is 6.10. The molecule has 2 saturated heterocycles. The molecule has 2 aromatic heterocycles. The molecule has 37 heavy (non-hydrogen) atoms. The molecule has 0 aliphatic carbocycles. The average Bonchev–Trinajstić information content (AvgIpc) is 3.73. The smallest absolute Gasteiger partial charge is 0.230 e. The molecule has 3 aliphatic rings. The molecule has 0 radical (unpaired) electrons. The van der Waals surface area contributed by atoms with Gasteiger partial charge in [-0.15, -0.1) is 11.3 Å². The molecule has 2 unspecified atom stereocenters. The maximum absolute atomic E-state index is 12.2. The largest absolute Gasteiger partial charge is 0.467 e. The van der Waals surface area contributed by atoms with Gasteiger partial charge in [-0.05, 0) is 56.0 Å². The Morgan fingerprint density at radius 1 is 1.14 bits per heavy atom. The maximum atomic E-state index is 12.2. The van der Waals surface area contributed by atoms with Crippen LogP contribution < -0.4 is 21.3 Å². The quantitative estimate of drug-likeness (QED) is 0.321. The number of nitrogens with zero attached hydrogens (tertiary/aromatic N) is 4. The van der Waals surface area contributed by atoms with E-state index in [9.17, 15) is 4.79 Å². The van der Waals surface area contributed by atoms with Gasteiger partial charge in [0.1, 0.15) is 12.0 Å². The predicted molar refractivity (Wildman–Crippen MR) is 147 cm³/mol. The van der Waals surface area contributed by atoms with Gasteiger partial charge in [-0.25, -0.2) is 15.3 Å². The van der Waals surface area contributed by atoms with Gasteiger partial charge in [0.15, 0.2) is 10.6 Å². The molecule has 2 fully saturated rings. The lowest BCUT2D eigenvalue weighted by molar-refractivity contribution is -0.118. The van der Waals surface area contributed by atoms with Crippen LogP contribution in [-0.2, 0) is 11.3 Å². The number of fused-ring (bicyclic) bond motifs is 1. The Hall–Kier alpha value is -2.64. The number of hydrogen-bond donors (Lipinski definition) is 4. The van der Waals surface area contributed by atoms with Crippen molar-refractivity contribution in [3.63, 3.8) is 0 Å². The number of anilines is 1. The van der Waals surface area contributed by atoms with E-state index in [0.29, 0.717) is 12.3 Å². The average molecular weight is 541 g/mol. The number of carbonyl (C=O) groups is 1. The highest BCUT2D eigenvalue weighted by Crippen LogP contribution is 2.31. The first-order valence-corrected chi connectivity index (χ1v) is 14.7. The first-order chi connectivity index (χ1) is 18.2. The van der Waals surface area contributed by atoms with Gasteiger partial charge in [0.2, 0.25) is 11.9 Å². The van der Waals surface area contributed by atoms with Crippen LogP contribution in [0.5, 0.6) is 0 Å². The molecule has 6 rings (SSSR count). The van der Waals surface area contributed by atoms with E-state index < -0.39 is 0 Å². The minimum atomic E-state index is -0.0434. The number of thiazole rings is 1. The van der Waals surface area contributed by atoms with Gasteiger partial charge in [0.05, 0.1) is 28.8 Å². The van der Waals surface area contributed by atoms with Crippen LogP contribution in [0.15, 0.2) is 50.3 Å². The van der Waals surface area contributed by atoms with E-state index in [2.05, 4.69) is 37.1 Å². The van der Waals surface area contributed by atoms with Crippen molar-refractivity contribution in [3.05, 3.63) is 42.4 Å². The number of thioether (sulfide) groups is 1. The molecule has 0 spiro atoms. The van der Waals surface area contributed by atoms with Crippen molar-refractivity contribution in [2.45, 2.75) is 49.1 Å². The number of likely N-dealkylation sites (tertiary alicyclic amines) is 2. The van der Waals surface area contributed by atoms with Crippen LogP contribution in [0.3, 0.4) is 0 Å². The van der Waals surface area contributed by atoms with Gasteiger partial charge in [0, 0.05) is 31.9 Å². The zero-order valence-electron chi connectivity index (χ0n) is 20.6. The fraction of sp³-hybridized carbons (Fsp3) is 0.480. The summed E-state index contributed by atoms with van der Waals surface area (Å²) in [5, 5.41) is 13.6. The van der Waals surface area contributed by atoms with E-state index in [0.717, 1.165) is 58.1 Å². The fourth-order valence-electron chi connectivity index (χ4n) is 4.90. The van der Waals surface area contributed by atoms with Crippen LogP contribution in [0.2, 0.25) is 0 Å². The molecule has 2 atom stereocenters. The monoisotopic (exact) mass is 540 g/mol. The van der Waals surface area contributed by atoms with Gasteiger partial charge < -0.3 is 20.4 Å². The number of furan rings is 1. The number of amides is 1. The van der Waals surface area contributed by atoms with Gasteiger partial charge >= 0.3 is 0 Å². The minimum absolute atomic E-state index is 0.0223. The molecular weight excluding hydrogens is 508 g/mol. The summed E-state index contributed by atoms with van der Waals surface area (Å²) in [5.74, 6) is 1.80. The summed E-state index contributed by atoms with van der Waals surface area (Å²) in [4.78, 5) is 26.8. The Kier molecular flexibility index (Phi) is 7.60. The van der Waals surface area contributed by atoms with Crippen LogP contribution >= 0.6 is 23.1 Å². The summed E-state index contributed by atoms with van der Waals surface area (Å²) >= 11 is 3.05. The van der Waals surface area contributed by atoms with Crippen molar-refractivity contribution >= 4 is 50.9 Å². The van der Waals surface area contributed by atoms with E-state index in [-0.39, 0.29) is 18.5 Å². The maximum Gasteiger partial charge on any atom is 0.230 e. The summed E-state index contributed by atoms with van der Waals surface area (Å²) in [5.41, 5.74) is 1.90. The highest BCUT2D eigenvalue weighted by atomic mass is 32.2. The zero-order chi connectivity index (χ0) is 25.0. The van der Waals surface area contributed by atoms with Crippen molar-refractivity contribution < 1.29 is 9.21 Å². The lowest BCUT2D eigenvalue weighted by Crippen LogP contribution is -2.65. The van der Waals surface area contributed by atoms with E-state index in [1.807, 2.05) is 24.3 Å². The molecule has 4 N–H and O–H groups in total. The van der Waals surface area contributed by atoms with E-state index >= 15 is 0 Å². The fourth-order valence-corrected chi connectivity index (χ4v) is 6.84. The Balaban J connectivity index is 1.10. The van der Waals surface area contributed by atoms with Gasteiger partial charge in [-0.2, -0.15) is 0 Å². The number of rotatable bonds is 8. The molecule has 1 aromatic carbocycles. The first kappa shape index (κ1) is 24.7. The summed E-state index contributed by atoms with van der Waals surface area (Å²) < 4.78 is 7.21. The topological polar surface area (TPSA) is 110 Å². The minimum Gasteiger partial charge on any atom is -0.467 e. The number of guanidine groups is 1. The molecule has 196 valence electrons. The van der Waals surface area contributed by atoms with Crippen LogP contribution in [-0.4, -0.2) is 71.2 Å². The van der Waals surface area contributed by atoms with Gasteiger partial charge in [0.25, 0.3) is 0 Å². The van der Waals surface area contributed by atoms with Crippen molar-refractivity contribution in [1.29, 1.82) is 0 Å². The summed E-state index contributed by atoms with van der Waals surface area (Å²) in [6.07, 6.45) is 6.59. The molecule has 0 saturated carbocycles. The summed E-state index contributed by atoms with van der Waals surface area (Å²) in [7, 11) is 0. The molecule has 0 bridgehead atoms. The lowest BCUT2D eigenvalue weighted by Gasteiger charge is -2.39. The Labute approximate surface area is 224 Å². The predicted octanol–water partition coefficient (Wildman–Crippen LogP) is 3.02. The third-order valence-corrected chi connectivity index (χ3v) is 8.98. The van der Waals surface area contributed by atoms with E-state index in [1.165, 1.54) is 37.4 Å². The van der Waals surface area contributed by atoms with Crippen molar-refractivity contribution in [3.8, 4) is 0 Å². The van der Waals surface area contributed by atoms with Gasteiger partial charge in [-0.1, -0.05) is 11.8 Å². The molecular formula is C25H32N8O2S2. The standard InChI is InChI=1S/C25H32N8O2S2/c34-21(26-15-18-6-5-13-35-18)16-36-25-28-19-8-7-17(14-20(19)37-25)27-22-29-23(32-9-1-2-10-32)31-24(30-22)33-11-3-4-12-33/h5-8,13-14,23-24,31H,1-4,9-12,15-16H2,(H,26,34)(H2,27,29,30). The highest BCUT2D eigenvalue weighted by Gasteiger charge is 2.32. The van der Waals surface area contributed by atoms with E-state index in [4.69, 9.17) is 14.4 Å². The summed E-state index contributed by atoms with van der Waals surface area (Å²) in [6.45, 7) is 4.74. The van der Waals surface area contributed by atoms with Crippen molar-refractivity contribution in [2.24, 2.45) is 4.99 Å². The summed E-state index contributed by atoms with van der Waals surface area (Å²) in [6, 6.07) is 9.82. The first-order valence-electron chi connectivity index (χ1n) is 12.9. The zero-order valence-corrected chi connectivity index (χ0v) is 22.2. The second-order valence-electron chi connectivity index (χ2n) is 9.48. The number of benzene rings is 1. The number of aliphatic imine (C=N–C) groups is 1. The number of carbonyl (C=O) groups excluding carboxylic acids is 1.